The van der Waals surface area contributed by atoms with Crippen LogP contribution in [0.25, 0.3) is 0 Å². The Balaban J connectivity index is 1.38. The van der Waals surface area contributed by atoms with E-state index in [-0.39, 0.29) is 23.7 Å². The number of rotatable bonds is 8. The van der Waals surface area contributed by atoms with Gasteiger partial charge in [-0.05, 0) is 44.1 Å². The molecule has 0 saturated carbocycles. The summed E-state index contributed by atoms with van der Waals surface area (Å²) < 4.78 is 32.2. The van der Waals surface area contributed by atoms with E-state index in [9.17, 15) is 13.2 Å². The zero-order chi connectivity index (χ0) is 19.1. The summed E-state index contributed by atoms with van der Waals surface area (Å²) in [6, 6.07) is 9.94. The summed E-state index contributed by atoms with van der Waals surface area (Å²) in [7, 11) is -3.25. The molecule has 2 aliphatic heterocycles. The van der Waals surface area contributed by atoms with E-state index in [0.29, 0.717) is 38.9 Å². The summed E-state index contributed by atoms with van der Waals surface area (Å²) in [5, 5.41) is 2.97. The minimum atomic E-state index is -3.25. The van der Waals surface area contributed by atoms with Crippen LogP contribution >= 0.6 is 0 Å². The van der Waals surface area contributed by atoms with E-state index in [4.69, 9.17) is 4.74 Å². The van der Waals surface area contributed by atoms with Crippen LogP contribution in [0, 0.1) is 5.92 Å². The Morgan fingerprint density at radius 1 is 1.15 bits per heavy atom. The highest BCUT2D eigenvalue weighted by Gasteiger charge is 2.31. The molecule has 2 heterocycles. The average Bonchev–Trinajstić information content (AvgIpc) is 3.20. The zero-order valence-corrected chi connectivity index (χ0v) is 16.6. The third-order valence-electron chi connectivity index (χ3n) is 5.46. The number of hydrogen-bond acceptors (Lipinski definition) is 4. The SMILES string of the molecule is O=C(NCC1CCCO1)C1CCN(S(=O)(=O)CCCc2ccccc2)CC1. The van der Waals surface area contributed by atoms with Gasteiger partial charge < -0.3 is 10.1 Å². The van der Waals surface area contributed by atoms with Crippen molar-refractivity contribution in [1.29, 1.82) is 0 Å². The van der Waals surface area contributed by atoms with Crippen molar-refractivity contribution in [2.24, 2.45) is 5.92 Å². The van der Waals surface area contributed by atoms with Crippen LogP contribution in [0.2, 0.25) is 0 Å². The normalized spacial score (nSPS) is 22.0. The van der Waals surface area contributed by atoms with Crippen molar-refractivity contribution < 1.29 is 17.9 Å². The van der Waals surface area contributed by atoms with Gasteiger partial charge in [-0.2, -0.15) is 0 Å². The molecule has 0 bridgehead atoms. The maximum absolute atomic E-state index is 12.6. The number of amides is 1. The third-order valence-corrected chi connectivity index (χ3v) is 7.41. The second-order valence-electron chi connectivity index (χ2n) is 7.46. The quantitative estimate of drug-likeness (QED) is 0.731. The van der Waals surface area contributed by atoms with Gasteiger partial charge in [-0.15, -0.1) is 0 Å². The number of ether oxygens (including phenoxy) is 1. The lowest BCUT2D eigenvalue weighted by Crippen LogP contribution is -2.44. The van der Waals surface area contributed by atoms with Gasteiger partial charge in [0.05, 0.1) is 11.9 Å². The van der Waals surface area contributed by atoms with Gasteiger partial charge >= 0.3 is 0 Å². The van der Waals surface area contributed by atoms with E-state index in [1.165, 1.54) is 0 Å². The predicted octanol–water partition coefficient (Wildman–Crippen LogP) is 1.96. The molecule has 1 amide bonds. The molecule has 7 heteroatoms. The Morgan fingerprint density at radius 3 is 2.56 bits per heavy atom. The second kappa shape index (κ2) is 9.66. The van der Waals surface area contributed by atoms with Crippen LogP contribution in [0.4, 0.5) is 0 Å². The lowest BCUT2D eigenvalue weighted by molar-refractivity contribution is -0.126. The molecule has 1 N–H and O–H groups in total. The van der Waals surface area contributed by atoms with E-state index >= 15 is 0 Å². The van der Waals surface area contributed by atoms with Gasteiger partial charge in [-0.3, -0.25) is 4.79 Å². The Kier molecular flexibility index (Phi) is 7.26. The van der Waals surface area contributed by atoms with Gasteiger partial charge in [0.15, 0.2) is 0 Å². The van der Waals surface area contributed by atoms with Gasteiger partial charge in [0.1, 0.15) is 0 Å². The minimum absolute atomic E-state index is 0.0339. The Hall–Kier alpha value is -1.44. The molecule has 6 nitrogen and oxygen atoms in total. The van der Waals surface area contributed by atoms with E-state index in [2.05, 4.69) is 5.32 Å². The maximum Gasteiger partial charge on any atom is 0.223 e. The summed E-state index contributed by atoms with van der Waals surface area (Å²) in [6.07, 6.45) is 4.76. The highest BCUT2D eigenvalue weighted by atomic mass is 32.2. The van der Waals surface area contributed by atoms with Gasteiger partial charge in [-0.1, -0.05) is 30.3 Å². The molecule has 0 aromatic heterocycles. The molecule has 0 radical (unpaired) electrons. The van der Waals surface area contributed by atoms with Crippen LogP contribution in [-0.2, 0) is 26.0 Å². The van der Waals surface area contributed by atoms with Crippen LogP contribution in [0.1, 0.15) is 37.7 Å². The van der Waals surface area contributed by atoms with Crippen LogP contribution in [0.5, 0.6) is 0 Å². The number of benzene rings is 1. The molecule has 1 atom stereocenters. The monoisotopic (exact) mass is 394 g/mol. The summed E-state index contributed by atoms with van der Waals surface area (Å²) in [4.78, 5) is 12.3. The molecule has 2 saturated heterocycles. The molecule has 1 unspecified atom stereocenters. The van der Waals surface area contributed by atoms with Crippen LogP contribution in [0.3, 0.4) is 0 Å². The molecule has 2 aliphatic rings. The highest BCUT2D eigenvalue weighted by Crippen LogP contribution is 2.21. The van der Waals surface area contributed by atoms with Crippen LogP contribution in [-0.4, -0.2) is 56.7 Å². The van der Waals surface area contributed by atoms with Gasteiger partial charge in [0, 0.05) is 32.2 Å². The van der Waals surface area contributed by atoms with Gasteiger partial charge in [0.25, 0.3) is 0 Å². The average molecular weight is 395 g/mol. The molecule has 27 heavy (non-hydrogen) atoms. The molecule has 1 aromatic rings. The lowest BCUT2D eigenvalue weighted by Gasteiger charge is -2.30. The van der Waals surface area contributed by atoms with Gasteiger partial charge in [0.2, 0.25) is 15.9 Å². The van der Waals surface area contributed by atoms with Crippen molar-refractivity contribution in [2.45, 2.75) is 44.6 Å². The van der Waals surface area contributed by atoms with Crippen molar-refractivity contribution in [3.63, 3.8) is 0 Å². The first-order valence-corrected chi connectivity index (χ1v) is 11.6. The van der Waals surface area contributed by atoms with E-state index < -0.39 is 10.0 Å². The van der Waals surface area contributed by atoms with Crippen molar-refractivity contribution >= 4 is 15.9 Å². The molecular weight excluding hydrogens is 364 g/mol. The van der Waals surface area contributed by atoms with Gasteiger partial charge in [-0.25, -0.2) is 12.7 Å². The molecule has 150 valence electrons. The number of sulfonamides is 1. The third kappa shape index (κ3) is 6.02. The summed E-state index contributed by atoms with van der Waals surface area (Å²) in [5.74, 6) is 0.103. The van der Waals surface area contributed by atoms with Crippen molar-refractivity contribution in [3.05, 3.63) is 35.9 Å². The summed E-state index contributed by atoms with van der Waals surface area (Å²) >= 11 is 0. The Morgan fingerprint density at radius 2 is 1.89 bits per heavy atom. The number of carbonyl (C=O) groups is 1. The van der Waals surface area contributed by atoms with Crippen molar-refractivity contribution in [2.75, 3.05) is 32.0 Å². The first-order valence-electron chi connectivity index (χ1n) is 9.95. The number of piperidine rings is 1. The largest absolute Gasteiger partial charge is 0.376 e. The first-order chi connectivity index (χ1) is 13.0. The Bertz CT molecular complexity index is 694. The maximum atomic E-state index is 12.6. The fourth-order valence-electron chi connectivity index (χ4n) is 3.79. The van der Waals surface area contributed by atoms with Crippen molar-refractivity contribution in [1.82, 2.24) is 9.62 Å². The van der Waals surface area contributed by atoms with Crippen molar-refractivity contribution in [3.8, 4) is 0 Å². The Labute approximate surface area is 162 Å². The number of hydrogen-bond donors (Lipinski definition) is 1. The molecule has 0 aliphatic carbocycles. The smallest absolute Gasteiger partial charge is 0.223 e. The molecular formula is C20H30N2O4S. The first kappa shape index (κ1) is 20.3. The number of carbonyl (C=O) groups excluding carboxylic acids is 1. The number of nitrogens with one attached hydrogen (secondary N) is 1. The minimum Gasteiger partial charge on any atom is -0.376 e. The zero-order valence-electron chi connectivity index (χ0n) is 15.8. The topological polar surface area (TPSA) is 75.7 Å². The summed E-state index contributed by atoms with van der Waals surface area (Å²) in [5.41, 5.74) is 1.16. The van der Waals surface area contributed by atoms with E-state index in [0.717, 1.165) is 31.4 Å². The van der Waals surface area contributed by atoms with E-state index in [1.54, 1.807) is 4.31 Å². The summed E-state index contributed by atoms with van der Waals surface area (Å²) in [6.45, 7) is 2.22. The molecule has 3 rings (SSSR count). The molecule has 2 fully saturated rings. The lowest BCUT2D eigenvalue weighted by atomic mass is 9.97. The fourth-order valence-corrected chi connectivity index (χ4v) is 5.33. The second-order valence-corrected chi connectivity index (χ2v) is 9.55. The van der Waals surface area contributed by atoms with E-state index in [1.807, 2.05) is 30.3 Å². The molecule has 0 spiro atoms. The highest BCUT2D eigenvalue weighted by molar-refractivity contribution is 7.89. The van der Waals surface area contributed by atoms with Crippen LogP contribution < -0.4 is 5.32 Å². The van der Waals surface area contributed by atoms with Crippen LogP contribution in [0.15, 0.2) is 30.3 Å². The number of aryl methyl sites for hydroxylation is 1. The number of nitrogens with zero attached hydrogens (tertiary/aromatic N) is 1. The fraction of sp³-hybridized carbons (Fsp3) is 0.650. The predicted molar refractivity (Wildman–Crippen MR) is 105 cm³/mol. The molecule has 1 aromatic carbocycles. The standard InChI is InChI=1S/C20H30N2O4S/c23-20(21-16-19-9-4-14-26-19)18-10-12-22(13-11-18)27(24,25)15-5-8-17-6-2-1-3-7-17/h1-3,6-7,18-19H,4-5,8-16H2,(H,21,23).